The molecule has 0 fully saturated rings. The molecule has 1 aromatic rings. The summed E-state index contributed by atoms with van der Waals surface area (Å²) in [5, 5.41) is 19.4. The van der Waals surface area contributed by atoms with Crippen molar-refractivity contribution in [3.8, 4) is 5.75 Å². The van der Waals surface area contributed by atoms with Gasteiger partial charge in [-0.25, -0.2) is 0 Å². The van der Waals surface area contributed by atoms with Crippen molar-refractivity contribution in [2.45, 2.75) is 0 Å². The average molecular weight is 266 g/mol. The second-order valence-electron chi connectivity index (χ2n) is 3.91. The smallest absolute Gasteiger partial charge is 0.323 e. The lowest BCUT2D eigenvalue weighted by molar-refractivity contribution is -0.384. The topological polar surface area (TPSA) is 110 Å². The van der Waals surface area contributed by atoms with Gasteiger partial charge in [-0.3, -0.25) is 19.7 Å². The number of nitro groups is 1. The molecule has 0 saturated carbocycles. The van der Waals surface area contributed by atoms with Crippen LogP contribution < -0.4 is 4.74 Å². The van der Waals surface area contributed by atoms with Crippen LogP contribution in [0.5, 0.6) is 5.75 Å². The quantitative estimate of drug-likeness (QED) is 0.630. The maximum absolute atomic E-state index is 12.1. The van der Waals surface area contributed by atoms with Gasteiger partial charge >= 0.3 is 5.97 Å². The van der Waals surface area contributed by atoms with Crippen molar-refractivity contribution in [3.05, 3.63) is 33.9 Å². The number of ether oxygens (including phenoxy) is 1. The standard InChI is InChI=1S/C11H10N2O6/c14-10(15)6-12-3-4-19-9-2-1-7(13(17)18)5-8(9)11(12)16/h1-2,5H,3-4,6H2,(H,14,15). The van der Waals surface area contributed by atoms with Crippen molar-refractivity contribution >= 4 is 17.6 Å². The highest BCUT2D eigenvalue weighted by Crippen LogP contribution is 2.27. The SMILES string of the molecule is O=C(O)CN1CCOc2ccc([N+](=O)[O-])cc2C1=O. The van der Waals surface area contributed by atoms with Crippen LogP contribution in [0.15, 0.2) is 18.2 Å². The Kier molecular flexibility index (Phi) is 3.32. The number of hydrogen-bond donors (Lipinski definition) is 1. The van der Waals surface area contributed by atoms with E-state index in [0.717, 1.165) is 11.0 Å². The van der Waals surface area contributed by atoms with E-state index < -0.39 is 23.3 Å². The molecular formula is C11H10N2O6. The highest BCUT2D eigenvalue weighted by molar-refractivity contribution is 5.99. The van der Waals surface area contributed by atoms with Crippen molar-refractivity contribution < 1.29 is 24.4 Å². The molecule has 19 heavy (non-hydrogen) atoms. The minimum atomic E-state index is -1.15. The highest BCUT2D eigenvalue weighted by Gasteiger charge is 2.26. The first kappa shape index (κ1) is 12.8. The number of carbonyl (C=O) groups is 2. The number of carbonyl (C=O) groups excluding carboxylic acids is 1. The minimum absolute atomic E-state index is 0.00736. The number of nitro benzene ring substituents is 1. The lowest BCUT2D eigenvalue weighted by Gasteiger charge is -2.16. The third-order valence-corrected chi connectivity index (χ3v) is 2.64. The third-order valence-electron chi connectivity index (χ3n) is 2.64. The number of carboxylic acids is 1. The number of non-ortho nitro benzene ring substituents is 1. The Morgan fingerprint density at radius 3 is 2.89 bits per heavy atom. The van der Waals surface area contributed by atoms with Gasteiger partial charge in [0, 0.05) is 12.1 Å². The zero-order valence-corrected chi connectivity index (χ0v) is 9.74. The molecule has 1 aliphatic heterocycles. The van der Waals surface area contributed by atoms with E-state index in [1.165, 1.54) is 12.1 Å². The van der Waals surface area contributed by atoms with Gasteiger partial charge in [-0.2, -0.15) is 0 Å². The first-order valence-electron chi connectivity index (χ1n) is 5.41. The molecule has 8 nitrogen and oxygen atoms in total. The van der Waals surface area contributed by atoms with Crippen LogP contribution >= 0.6 is 0 Å². The summed E-state index contributed by atoms with van der Waals surface area (Å²) in [4.78, 5) is 33.9. The Labute approximate surface area is 107 Å². The lowest BCUT2D eigenvalue weighted by Crippen LogP contribution is -2.36. The van der Waals surface area contributed by atoms with Crippen molar-refractivity contribution in [2.24, 2.45) is 0 Å². The number of nitrogens with zero attached hydrogens (tertiary/aromatic N) is 2. The van der Waals surface area contributed by atoms with Crippen molar-refractivity contribution in [1.29, 1.82) is 0 Å². The van der Waals surface area contributed by atoms with Gasteiger partial charge in [-0.05, 0) is 6.07 Å². The zero-order chi connectivity index (χ0) is 14.0. The molecule has 1 aliphatic rings. The second kappa shape index (κ2) is 4.92. The third kappa shape index (κ3) is 2.62. The molecule has 8 heteroatoms. The van der Waals surface area contributed by atoms with Gasteiger partial charge in [0.2, 0.25) is 0 Å². The van der Waals surface area contributed by atoms with Crippen molar-refractivity contribution in [3.63, 3.8) is 0 Å². The van der Waals surface area contributed by atoms with E-state index in [-0.39, 0.29) is 30.2 Å². The van der Waals surface area contributed by atoms with Gasteiger partial charge < -0.3 is 14.7 Å². The van der Waals surface area contributed by atoms with E-state index in [2.05, 4.69) is 0 Å². The Morgan fingerprint density at radius 2 is 2.26 bits per heavy atom. The predicted molar refractivity (Wildman–Crippen MR) is 62.1 cm³/mol. The molecule has 0 aliphatic carbocycles. The first-order chi connectivity index (χ1) is 8.99. The average Bonchev–Trinajstić information content (AvgIpc) is 2.49. The summed E-state index contributed by atoms with van der Waals surface area (Å²) in [5.41, 5.74) is -0.235. The number of benzene rings is 1. The van der Waals surface area contributed by atoms with Gasteiger partial charge in [-0.15, -0.1) is 0 Å². The summed E-state index contributed by atoms with van der Waals surface area (Å²) in [7, 11) is 0. The summed E-state index contributed by atoms with van der Waals surface area (Å²) < 4.78 is 5.29. The Hall–Kier alpha value is -2.64. The molecule has 2 rings (SSSR count). The van der Waals surface area contributed by atoms with Crippen molar-refractivity contribution in [2.75, 3.05) is 19.7 Å². The summed E-state index contributed by atoms with van der Waals surface area (Å²) in [6.07, 6.45) is 0. The van der Waals surface area contributed by atoms with E-state index in [9.17, 15) is 19.7 Å². The molecule has 1 N–H and O–H groups in total. The first-order valence-corrected chi connectivity index (χ1v) is 5.41. The van der Waals surface area contributed by atoms with Crippen LogP contribution in [0.1, 0.15) is 10.4 Å². The van der Waals surface area contributed by atoms with Gasteiger partial charge in [0.05, 0.1) is 17.0 Å². The predicted octanol–water partition coefficient (Wildman–Crippen LogP) is 0.514. The van der Waals surface area contributed by atoms with E-state index >= 15 is 0 Å². The highest BCUT2D eigenvalue weighted by atomic mass is 16.6. The normalized spacial score (nSPS) is 14.3. The van der Waals surface area contributed by atoms with Crippen LogP contribution in [-0.2, 0) is 4.79 Å². The fraction of sp³-hybridized carbons (Fsp3) is 0.273. The molecule has 1 aromatic carbocycles. The summed E-state index contributed by atoms with van der Waals surface area (Å²) in [5.74, 6) is -1.51. The number of amides is 1. The molecule has 0 spiro atoms. The van der Waals surface area contributed by atoms with E-state index in [0.29, 0.717) is 0 Å². The summed E-state index contributed by atoms with van der Waals surface area (Å²) in [6.45, 7) is -0.207. The van der Waals surface area contributed by atoms with Crippen LogP contribution in [-0.4, -0.2) is 46.5 Å². The molecule has 0 aromatic heterocycles. The van der Waals surface area contributed by atoms with Crippen LogP contribution in [0.2, 0.25) is 0 Å². The number of fused-ring (bicyclic) bond motifs is 1. The summed E-state index contributed by atoms with van der Waals surface area (Å²) in [6, 6.07) is 3.67. The lowest BCUT2D eigenvalue weighted by atomic mass is 10.1. The maximum Gasteiger partial charge on any atom is 0.323 e. The number of carboxylic acid groups (broad SMARTS) is 1. The number of rotatable bonds is 3. The van der Waals surface area contributed by atoms with Crippen LogP contribution in [0, 0.1) is 10.1 Å². The molecule has 0 radical (unpaired) electrons. The minimum Gasteiger partial charge on any atom is -0.491 e. The molecule has 0 saturated heterocycles. The molecule has 1 heterocycles. The number of aliphatic carboxylic acids is 1. The number of hydrogen-bond acceptors (Lipinski definition) is 5. The van der Waals surface area contributed by atoms with Crippen LogP contribution in [0.4, 0.5) is 5.69 Å². The Balaban J connectivity index is 2.39. The van der Waals surface area contributed by atoms with Gasteiger partial charge in [-0.1, -0.05) is 0 Å². The molecule has 1 amide bonds. The monoisotopic (exact) mass is 266 g/mol. The zero-order valence-electron chi connectivity index (χ0n) is 9.74. The van der Waals surface area contributed by atoms with E-state index in [4.69, 9.17) is 9.84 Å². The largest absolute Gasteiger partial charge is 0.491 e. The molecular weight excluding hydrogens is 256 g/mol. The van der Waals surface area contributed by atoms with E-state index in [1.807, 2.05) is 0 Å². The van der Waals surface area contributed by atoms with Gasteiger partial charge in [0.15, 0.2) is 0 Å². The van der Waals surface area contributed by atoms with Gasteiger partial charge in [0.25, 0.3) is 11.6 Å². The maximum atomic E-state index is 12.1. The van der Waals surface area contributed by atoms with Crippen LogP contribution in [0.25, 0.3) is 0 Å². The molecule has 0 bridgehead atoms. The fourth-order valence-electron chi connectivity index (χ4n) is 1.78. The van der Waals surface area contributed by atoms with Crippen molar-refractivity contribution in [1.82, 2.24) is 4.90 Å². The fourth-order valence-corrected chi connectivity index (χ4v) is 1.78. The summed E-state index contributed by atoms with van der Waals surface area (Å²) >= 11 is 0. The van der Waals surface area contributed by atoms with Crippen LogP contribution in [0.3, 0.4) is 0 Å². The molecule has 0 unspecified atom stereocenters. The molecule has 100 valence electrons. The van der Waals surface area contributed by atoms with Gasteiger partial charge in [0.1, 0.15) is 18.9 Å². The molecule has 0 atom stereocenters. The second-order valence-corrected chi connectivity index (χ2v) is 3.91. The Bertz CT molecular complexity index is 556. The Morgan fingerprint density at radius 1 is 1.53 bits per heavy atom. The van der Waals surface area contributed by atoms with E-state index in [1.54, 1.807) is 0 Å².